The number of methoxy groups -OCH3 is 1. The summed E-state index contributed by atoms with van der Waals surface area (Å²) in [6.45, 7) is 2.86. The third-order valence-corrected chi connectivity index (χ3v) is 5.09. The van der Waals surface area contributed by atoms with Gasteiger partial charge >= 0.3 is 0 Å². The second-order valence-electron chi connectivity index (χ2n) is 5.94. The topological polar surface area (TPSA) is 54.5 Å². The second-order valence-corrected chi connectivity index (χ2v) is 6.78. The first kappa shape index (κ1) is 16.8. The summed E-state index contributed by atoms with van der Waals surface area (Å²) in [7, 11) is 1.63. The average Bonchev–Trinajstić information content (AvgIpc) is 3.27. The molecule has 128 valence electrons. The fourth-order valence-corrected chi connectivity index (χ4v) is 3.70. The standard InChI is InChI=1S/C18H23N3O2S/c1-23-16-6-4-14(5-7-16)12-17(22)19-9-8-15-13-24-18(20-15)21-10-2-3-11-21/h4-7,13H,2-3,8-12H2,1H3,(H,19,22). The predicted molar refractivity (Wildman–Crippen MR) is 97.0 cm³/mol. The van der Waals surface area contributed by atoms with E-state index >= 15 is 0 Å². The highest BCUT2D eigenvalue weighted by atomic mass is 32.1. The van der Waals surface area contributed by atoms with Crippen molar-refractivity contribution in [2.75, 3.05) is 31.6 Å². The summed E-state index contributed by atoms with van der Waals surface area (Å²) >= 11 is 1.70. The molecule has 0 saturated carbocycles. The number of benzene rings is 1. The molecule has 6 heteroatoms. The van der Waals surface area contributed by atoms with Crippen molar-refractivity contribution in [1.82, 2.24) is 10.3 Å². The maximum Gasteiger partial charge on any atom is 0.224 e. The van der Waals surface area contributed by atoms with Gasteiger partial charge in [0.15, 0.2) is 5.13 Å². The Morgan fingerprint density at radius 2 is 2.04 bits per heavy atom. The highest BCUT2D eigenvalue weighted by Gasteiger charge is 2.15. The van der Waals surface area contributed by atoms with Crippen LogP contribution in [0.25, 0.3) is 0 Å². The SMILES string of the molecule is COc1ccc(CC(=O)NCCc2csc(N3CCCC3)n2)cc1. The Bertz CT molecular complexity index is 663. The van der Waals surface area contributed by atoms with Crippen molar-refractivity contribution < 1.29 is 9.53 Å². The number of carbonyl (C=O) groups is 1. The molecule has 1 aromatic carbocycles. The maximum absolute atomic E-state index is 12.0. The molecule has 1 aliphatic rings. The molecule has 3 rings (SSSR count). The molecule has 0 radical (unpaired) electrons. The van der Waals surface area contributed by atoms with Gasteiger partial charge in [-0.1, -0.05) is 12.1 Å². The van der Waals surface area contributed by atoms with Crippen molar-refractivity contribution in [3.05, 3.63) is 40.9 Å². The van der Waals surface area contributed by atoms with Gasteiger partial charge in [0.2, 0.25) is 5.91 Å². The van der Waals surface area contributed by atoms with Gasteiger partial charge < -0.3 is 15.0 Å². The molecule has 1 saturated heterocycles. The quantitative estimate of drug-likeness (QED) is 0.838. The molecular formula is C18H23N3O2S. The minimum absolute atomic E-state index is 0.0372. The van der Waals surface area contributed by atoms with E-state index < -0.39 is 0 Å². The van der Waals surface area contributed by atoms with Crippen LogP contribution in [0.1, 0.15) is 24.1 Å². The Kier molecular flexibility index (Phi) is 5.69. The van der Waals surface area contributed by atoms with Gasteiger partial charge in [0.05, 0.1) is 19.2 Å². The molecule has 1 fully saturated rings. The Morgan fingerprint density at radius 1 is 1.29 bits per heavy atom. The fourth-order valence-electron chi connectivity index (χ4n) is 2.79. The Hall–Kier alpha value is -2.08. The zero-order valence-corrected chi connectivity index (χ0v) is 14.8. The number of rotatable bonds is 7. The third kappa shape index (κ3) is 4.47. The number of hydrogen-bond donors (Lipinski definition) is 1. The molecule has 1 N–H and O–H groups in total. The maximum atomic E-state index is 12.0. The van der Waals surface area contributed by atoms with Gasteiger partial charge in [0, 0.05) is 31.4 Å². The molecule has 24 heavy (non-hydrogen) atoms. The van der Waals surface area contributed by atoms with E-state index in [1.54, 1.807) is 18.4 Å². The predicted octanol–water partition coefficient (Wildman–Crippen LogP) is 2.65. The van der Waals surface area contributed by atoms with Crippen LogP contribution in [0.5, 0.6) is 5.75 Å². The summed E-state index contributed by atoms with van der Waals surface area (Å²) in [5.74, 6) is 0.839. The first-order valence-corrected chi connectivity index (χ1v) is 9.21. The van der Waals surface area contributed by atoms with Crippen LogP contribution in [0.15, 0.2) is 29.6 Å². The Balaban J connectivity index is 1.41. The van der Waals surface area contributed by atoms with Gasteiger partial charge in [-0.15, -0.1) is 11.3 Å². The fraction of sp³-hybridized carbons (Fsp3) is 0.444. The molecule has 0 atom stereocenters. The van der Waals surface area contributed by atoms with Gasteiger partial charge in [-0.2, -0.15) is 0 Å². The monoisotopic (exact) mass is 345 g/mol. The first-order chi connectivity index (χ1) is 11.7. The number of thiazole rings is 1. The lowest BCUT2D eigenvalue weighted by molar-refractivity contribution is -0.120. The number of aromatic nitrogens is 1. The number of anilines is 1. The van der Waals surface area contributed by atoms with E-state index in [-0.39, 0.29) is 5.91 Å². The largest absolute Gasteiger partial charge is 0.497 e. The zero-order chi connectivity index (χ0) is 16.8. The third-order valence-electron chi connectivity index (χ3n) is 4.14. The van der Waals surface area contributed by atoms with Crippen molar-refractivity contribution in [3.63, 3.8) is 0 Å². The van der Waals surface area contributed by atoms with Gasteiger partial charge in [0.25, 0.3) is 0 Å². The second kappa shape index (κ2) is 8.15. The molecule has 5 nitrogen and oxygen atoms in total. The highest BCUT2D eigenvalue weighted by Crippen LogP contribution is 2.24. The van der Waals surface area contributed by atoms with Gasteiger partial charge in [-0.05, 0) is 30.5 Å². The van der Waals surface area contributed by atoms with Gasteiger partial charge in [-0.25, -0.2) is 4.98 Å². The molecule has 2 heterocycles. The number of nitrogens with one attached hydrogen (secondary N) is 1. The number of nitrogens with zero attached hydrogens (tertiary/aromatic N) is 2. The molecule has 1 aliphatic heterocycles. The van der Waals surface area contributed by atoms with Crippen LogP contribution in [0.3, 0.4) is 0 Å². The lowest BCUT2D eigenvalue weighted by atomic mass is 10.1. The first-order valence-electron chi connectivity index (χ1n) is 8.33. The lowest BCUT2D eigenvalue weighted by Crippen LogP contribution is -2.27. The molecule has 0 spiro atoms. The van der Waals surface area contributed by atoms with Crippen LogP contribution >= 0.6 is 11.3 Å². The summed E-state index contributed by atoms with van der Waals surface area (Å²) < 4.78 is 5.12. The number of hydrogen-bond acceptors (Lipinski definition) is 5. The van der Waals surface area contributed by atoms with Crippen molar-refractivity contribution in [1.29, 1.82) is 0 Å². The molecule has 1 aromatic heterocycles. The van der Waals surface area contributed by atoms with Crippen LogP contribution in [-0.4, -0.2) is 37.6 Å². The van der Waals surface area contributed by atoms with Gasteiger partial charge in [0.1, 0.15) is 5.75 Å². The summed E-state index contributed by atoms with van der Waals surface area (Å²) in [6.07, 6.45) is 3.69. The van der Waals surface area contributed by atoms with E-state index in [0.717, 1.165) is 41.6 Å². The highest BCUT2D eigenvalue weighted by molar-refractivity contribution is 7.13. The average molecular weight is 345 g/mol. The van der Waals surface area contributed by atoms with E-state index in [1.807, 2.05) is 24.3 Å². The minimum Gasteiger partial charge on any atom is -0.497 e. The van der Waals surface area contributed by atoms with E-state index in [0.29, 0.717) is 13.0 Å². The van der Waals surface area contributed by atoms with Crippen LogP contribution in [0, 0.1) is 0 Å². The molecule has 0 aliphatic carbocycles. The number of carbonyl (C=O) groups excluding carboxylic acids is 1. The van der Waals surface area contributed by atoms with E-state index in [4.69, 9.17) is 4.74 Å². The molecule has 1 amide bonds. The summed E-state index contributed by atoms with van der Waals surface area (Å²) in [5.41, 5.74) is 2.05. The Labute approximate surface area is 146 Å². The lowest BCUT2D eigenvalue weighted by Gasteiger charge is -2.12. The minimum atomic E-state index is 0.0372. The number of amides is 1. The summed E-state index contributed by atoms with van der Waals surface area (Å²) in [6, 6.07) is 7.58. The van der Waals surface area contributed by atoms with E-state index in [2.05, 4.69) is 20.6 Å². The van der Waals surface area contributed by atoms with Crippen molar-refractivity contribution in [3.8, 4) is 5.75 Å². The molecular weight excluding hydrogens is 322 g/mol. The van der Waals surface area contributed by atoms with E-state index in [9.17, 15) is 4.79 Å². The number of ether oxygens (including phenoxy) is 1. The van der Waals surface area contributed by atoms with Crippen LogP contribution < -0.4 is 15.0 Å². The zero-order valence-electron chi connectivity index (χ0n) is 14.0. The van der Waals surface area contributed by atoms with E-state index in [1.165, 1.54) is 12.8 Å². The Morgan fingerprint density at radius 3 is 2.75 bits per heavy atom. The van der Waals surface area contributed by atoms with Gasteiger partial charge in [-0.3, -0.25) is 4.79 Å². The van der Waals surface area contributed by atoms with Crippen molar-refractivity contribution >= 4 is 22.4 Å². The van der Waals surface area contributed by atoms with Crippen LogP contribution in [0.4, 0.5) is 5.13 Å². The van der Waals surface area contributed by atoms with Crippen molar-refractivity contribution in [2.45, 2.75) is 25.7 Å². The van der Waals surface area contributed by atoms with Crippen LogP contribution in [0.2, 0.25) is 0 Å². The molecule has 2 aromatic rings. The molecule has 0 bridgehead atoms. The summed E-state index contributed by atoms with van der Waals surface area (Å²) in [4.78, 5) is 19.0. The molecule has 0 unspecified atom stereocenters. The summed E-state index contributed by atoms with van der Waals surface area (Å²) in [5, 5.41) is 6.19. The van der Waals surface area contributed by atoms with Crippen LogP contribution in [-0.2, 0) is 17.6 Å². The normalized spacial score (nSPS) is 14.0. The smallest absolute Gasteiger partial charge is 0.224 e. The van der Waals surface area contributed by atoms with Crippen molar-refractivity contribution in [2.24, 2.45) is 0 Å².